The Morgan fingerprint density at radius 3 is 2.68 bits per heavy atom. The summed E-state index contributed by atoms with van der Waals surface area (Å²) in [5.74, 6) is -1.81. The highest BCUT2D eigenvalue weighted by Crippen LogP contribution is 2.31. The van der Waals surface area contributed by atoms with E-state index in [2.05, 4.69) is 9.72 Å². The van der Waals surface area contributed by atoms with Crippen LogP contribution in [0.15, 0.2) is 28.7 Å². The van der Waals surface area contributed by atoms with Crippen LogP contribution in [0.3, 0.4) is 0 Å². The molecule has 2 aromatic rings. The average Bonchev–Trinajstić information content (AvgIpc) is 2.71. The quantitative estimate of drug-likeness (QED) is 0.923. The van der Waals surface area contributed by atoms with Gasteiger partial charge in [0.1, 0.15) is 5.75 Å². The van der Waals surface area contributed by atoms with E-state index in [0.29, 0.717) is 0 Å². The fourth-order valence-electron chi connectivity index (χ4n) is 1.55. The molecule has 19 heavy (non-hydrogen) atoms. The third kappa shape index (κ3) is 2.70. The molecule has 0 atom stereocenters. The highest BCUT2D eigenvalue weighted by atomic mass is 19.3. The Labute approximate surface area is 106 Å². The standard InChI is InChI=1S/C12H9F2NO4/c1-6-9(11(16)17)19-10(15-6)7-4-2-3-5-8(7)18-12(13)14/h2-5,12H,1H3,(H,16,17). The average molecular weight is 269 g/mol. The predicted octanol–water partition coefficient (Wildman–Crippen LogP) is 2.95. The zero-order chi connectivity index (χ0) is 14.0. The van der Waals surface area contributed by atoms with Crippen molar-refractivity contribution in [3.63, 3.8) is 0 Å². The monoisotopic (exact) mass is 269 g/mol. The molecule has 0 radical (unpaired) electrons. The Kier molecular flexibility index (Phi) is 3.46. The molecule has 0 saturated heterocycles. The van der Waals surface area contributed by atoms with Crippen molar-refractivity contribution in [2.75, 3.05) is 0 Å². The summed E-state index contributed by atoms with van der Waals surface area (Å²) in [6.45, 7) is -1.54. The minimum absolute atomic E-state index is 0.0776. The van der Waals surface area contributed by atoms with Crippen LogP contribution in [0.4, 0.5) is 8.78 Å². The van der Waals surface area contributed by atoms with Gasteiger partial charge in [0.15, 0.2) is 0 Å². The summed E-state index contributed by atoms with van der Waals surface area (Å²) in [6, 6.07) is 5.86. The lowest BCUT2D eigenvalue weighted by Gasteiger charge is -2.07. The molecule has 1 aromatic heterocycles. The summed E-state index contributed by atoms with van der Waals surface area (Å²) in [6.07, 6.45) is 0. The zero-order valence-corrected chi connectivity index (χ0v) is 9.76. The summed E-state index contributed by atoms with van der Waals surface area (Å²) in [7, 11) is 0. The van der Waals surface area contributed by atoms with Crippen molar-refractivity contribution < 1.29 is 27.8 Å². The summed E-state index contributed by atoms with van der Waals surface area (Å²) < 4.78 is 33.9. The van der Waals surface area contributed by atoms with Gasteiger partial charge in [-0.2, -0.15) is 8.78 Å². The van der Waals surface area contributed by atoms with Gasteiger partial charge in [-0.1, -0.05) is 12.1 Å². The topological polar surface area (TPSA) is 72.6 Å². The number of hydrogen-bond acceptors (Lipinski definition) is 4. The lowest BCUT2D eigenvalue weighted by molar-refractivity contribution is -0.0495. The number of ether oxygens (including phenoxy) is 1. The molecule has 0 amide bonds. The second kappa shape index (κ2) is 5.05. The first-order valence-electron chi connectivity index (χ1n) is 5.24. The summed E-state index contributed by atoms with van der Waals surface area (Å²) in [4.78, 5) is 14.7. The van der Waals surface area contributed by atoms with E-state index in [1.807, 2.05) is 0 Å². The molecule has 1 heterocycles. The van der Waals surface area contributed by atoms with E-state index in [9.17, 15) is 13.6 Å². The highest BCUT2D eigenvalue weighted by molar-refractivity contribution is 5.86. The predicted molar refractivity (Wildman–Crippen MR) is 60.3 cm³/mol. The number of para-hydroxylation sites is 1. The SMILES string of the molecule is Cc1nc(-c2ccccc2OC(F)F)oc1C(=O)O. The van der Waals surface area contributed by atoms with E-state index in [-0.39, 0.29) is 28.7 Å². The van der Waals surface area contributed by atoms with Crippen molar-refractivity contribution in [1.29, 1.82) is 0 Å². The van der Waals surface area contributed by atoms with E-state index in [1.54, 1.807) is 6.07 Å². The maximum atomic E-state index is 12.3. The molecule has 0 aliphatic carbocycles. The van der Waals surface area contributed by atoms with E-state index in [4.69, 9.17) is 9.52 Å². The van der Waals surface area contributed by atoms with Gasteiger partial charge < -0.3 is 14.3 Å². The molecular weight excluding hydrogens is 260 g/mol. The van der Waals surface area contributed by atoms with E-state index in [1.165, 1.54) is 25.1 Å². The molecule has 5 nitrogen and oxygen atoms in total. The fourth-order valence-corrected chi connectivity index (χ4v) is 1.55. The van der Waals surface area contributed by atoms with Gasteiger partial charge >= 0.3 is 12.6 Å². The van der Waals surface area contributed by atoms with Crippen LogP contribution in [0.25, 0.3) is 11.5 Å². The maximum absolute atomic E-state index is 12.3. The third-order valence-corrected chi connectivity index (χ3v) is 2.32. The molecule has 0 aliphatic rings. The number of aromatic nitrogens is 1. The molecular formula is C12H9F2NO4. The van der Waals surface area contributed by atoms with Gasteiger partial charge in [0.05, 0.1) is 11.3 Å². The second-order valence-corrected chi connectivity index (χ2v) is 3.61. The number of carboxylic acid groups (broad SMARTS) is 1. The third-order valence-electron chi connectivity index (χ3n) is 2.32. The molecule has 1 N–H and O–H groups in total. The minimum atomic E-state index is -2.99. The Morgan fingerprint density at radius 2 is 2.11 bits per heavy atom. The van der Waals surface area contributed by atoms with Crippen LogP contribution in [-0.4, -0.2) is 22.7 Å². The fraction of sp³-hybridized carbons (Fsp3) is 0.167. The van der Waals surface area contributed by atoms with Crippen molar-refractivity contribution in [3.05, 3.63) is 35.7 Å². The molecule has 0 bridgehead atoms. The number of oxazole rings is 1. The normalized spacial score (nSPS) is 10.7. The molecule has 0 aliphatic heterocycles. The minimum Gasteiger partial charge on any atom is -0.475 e. The number of carbonyl (C=O) groups is 1. The first-order chi connectivity index (χ1) is 8.99. The lowest BCUT2D eigenvalue weighted by Crippen LogP contribution is -2.03. The van der Waals surface area contributed by atoms with Crippen molar-refractivity contribution in [1.82, 2.24) is 4.98 Å². The van der Waals surface area contributed by atoms with Crippen LogP contribution >= 0.6 is 0 Å². The first-order valence-corrected chi connectivity index (χ1v) is 5.24. The second-order valence-electron chi connectivity index (χ2n) is 3.61. The zero-order valence-electron chi connectivity index (χ0n) is 9.76. The number of aromatic carboxylic acids is 1. The van der Waals surface area contributed by atoms with Crippen LogP contribution < -0.4 is 4.74 Å². The van der Waals surface area contributed by atoms with Crippen LogP contribution in [0.1, 0.15) is 16.2 Å². The van der Waals surface area contributed by atoms with Crippen LogP contribution in [0.2, 0.25) is 0 Å². The molecule has 2 rings (SSSR count). The number of nitrogens with zero attached hydrogens (tertiary/aromatic N) is 1. The van der Waals surface area contributed by atoms with E-state index in [0.717, 1.165) is 0 Å². The smallest absolute Gasteiger partial charge is 0.387 e. The Bertz CT molecular complexity index is 610. The number of benzene rings is 1. The molecule has 0 unspecified atom stereocenters. The van der Waals surface area contributed by atoms with Crippen molar-refractivity contribution >= 4 is 5.97 Å². The van der Waals surface area contributed by atoms with Gasteiger partial charge in [0.25, 0.3) is 0 Å². The number of carboxylic acids is 1. The van der Waals surface area contributed by atoms with Crippen LogP contribution in [-0.2, 0) is 0 Å². The first kappa shape index (κ1) is 13.0. The Morgan fingerprint density at radius 1 is 1.42 bits per heavy atom. The van der Waals surface area contributed by atoms with Gasteiger partial charge in [0, 0.05) is 0 Å². The van der Waals surface area contributed by atoms with Gasteiger partial charge in [-0.25, -0.2) is 9.78 Å². The van der Waals surface area contributed by atoms with Gasteiger partial charge in [-0.15, -0.1) is 0 Å². The van der Waals surface area contributed by atoms with Gasteiger partial charge in [0.2, 0.25) is 11.7 Å². The maximum Gasteiger partial charge on any atom is 0.387 e. The number of aryl methyl sites for hydroxylation is 1. The number of hydrogen-bond donors (Lipinski definition) is 1. The Balaban J connectivity index is 2.47. The molecule has 0 saturated carbocycles. The van der Waals surface area contributed by atoms with Crippen LogP contribution in [0, 0.1) is 6.92 Å². The number of halogens is 2. The number of alkyl halides is 2. The van der Waals surface area contributed by atoms with Gasteiger partial charge in [-0.05, 0) is 19.1 Å². The van der Waals surface area contributed by atoms with Gasteiger partial charge in [-0.3, -0.25) is 0 Å². The van der Waals surface area contributed by atoms with Crippen molar-refractivity contribution in [3.8, 4) is 17.2 Å². The molecule has 100 valence electrons. The van der Waals surface area contributed by atoms with Crippen molar-refractivity contribution in [2.45, 2.75) is 13.5 Å². The number of rotatable bonds is 4. The van der Waals surface area contributed by atoms with Crippen molar-refractivity contribution in [2.24, 2.45) is 0 Å². The largest absolute Gasteiger partial charge is 0.475 e. The summed E-state index contributed by atoms with van der Waals surface area (Å²) in [5, 5.41) is 8.86. The van der Waals surface area contributed by atoms with Crippen LogP contribution in [0.5, 0.6) is 5.75 Å². The lowest BCUT2D eigenvalue weighted by atomic mass is 10.2. The summed E-state index contributed by atoms with van der Waals surface area (Å²) >= 11 is 0. The molecule has 0 fully saturated rings. The van der Waals surface area contributed by atoms with E-state index < -0.39 is 12.6 Å². The molecule has 7 heteroatoms. The summed E-state index contributed by atoms with van der Waals surface area (Å²) in [5.41, 5.74) is 0.327. The Hall–Kier alpha value is -2.44. The highest BCUT2D eigenvalue weighted by Gasteiger charge is 2.20. The molecule has 0 spiro atoms. The van der Waals surface area contributed by atoms with E-state index >= 15 is 0 Å². The molecule has 1 aromatic carbocycles.